The van der Waals surface area contributed by atoms with E-state index in [1.165, 1.54) is 21.6 Å². The van der Waals surface area contributed by atoms with Crippen LogP contribution in [0.25, 0.3) is 33.1 Å². The molecule has 1 fully saturated rings. The zero-order chi connectivity index (χ0) is 26.1. The van der Waals surface area contributed by atoms with Gasteiger partial charge in [0.05, 0.1) is 5.56 Å². The van der Waals surface area contributed by atoms with Gasteiger partial charge in [-0.15, -0.1) is 0 Å². The summed E-state index contributed by atoms with van der Waals surface area (Å²) in [5.41, 5.74) is 4.99. The van der Waals surface area contributed by atoms with E-state index >= 15 is 4.39 Å². The second-order valence-corrected chi connectivity index (χ2v) is 11.0. The third-order valence-electron chi connectivity index (χ3n) is 6.91. The molecule has 38 heavy (non-hydrogen) atoms. The van der Waals surface area contributed by atoms with E-state index in [1.54, 1.807) is 24.8 Å². The predicted molar refractivity (Wildman–Crippen MR) is 159 cm³/mol. The molecular weight excluding hydrogens is 614 g/mol. The van der Waals surface area contributed by atoms with Crippen molar-refractivity contribution in [3.8, 4) is 11.1 Å². The van der Waals surface area contributed by atoms with E-state index < -0.39 is 0 Å². The van der Waals surface area contributed by atoms with E-state index in [0.717, 1.165) is 59.1 Å². The van der Waals surface area contributed by atoms with Gasteiger partial charge in [0.2, 0.25) is 0 Å². The van der Waals surface area contributed by atoms with Crippen LogP contribution >= 0.6 is 30.3 Å². The van der Waals surface area contributed by atoms with Crippen molar-refractivity contribution >= 4 is 63.9 Å². The van der Waals surface area contributed by atoms with Crippen LogP contribution in [0.1, 0.15) is 35.2 Å². The number of fused-ring (bicyclic) bond motifs is 2. The van der Waals surface area contributed by atoms with Crippen molar-refractivity contribution < 1.29 is 9.18 Å². The Kier molecular flexibility index (Phi) is 7.16. The monoisotopic (exact) mass is 638 g/mol. The number of nitrogens with zero attached hydrogens (tertiary/aromatic N) is 5. The van der Waals surface area contributed by atoms with Crippen LogP contribution in [0, 0.1) is 5.82 Å². The molecule has 1 N–H and O–H groups in total. The van der Waals surface area contributed by atoms with Crippen molar-refractivity contribution in [1.29, 1.82) is 0 Å². The smallest absolute Gasteiger partial charge is 0.253 e. The number of halogens is 2. The maximum Gasteiger partial charge on any atom is 0.253 e. The molecule has 0 radical (unpaired) electrons. The first-order valence-electron chi connectivity index (χ1n) is 12.4. The lowest BCUT2D eigenvalue weighted by atomic mass is 10.0. The van der Waals surface area contributed by atoms with Gasteiger partial charge in [0.25, 0.3) is 5.91 Å². The van der Waals surface area contributed by atoms with Gasteiger partial charge in [-0.25, -0.2) is 9.37 Å². The molecule has 5 heterocycles. The van der Waals surface area contributed by atoms with Gasteiger partial charge in [0, 0.05) is 103 Å². The van der Waals surface area contributed by atoms with Gasteiger partial charge >= 0.3 is 0 Å². The summed E-state index contributed by atoms with van der Waals surface area (Å²) in [6.07, 6.45) is 12.1. The molecule has 0 saturated carbocycles. The minimum atomic E-state index is -0.363. The van der Waals surface area contributed by atoms with Crippen LogP contribution in [0.5, 0.6) is 0 Å². The average Bonchev–Trinajstić information content (AvgIpc) is 3.35. The Morgan fingerprint density at radius 2 is 1.92 bits per heavy atom. The summed E-state index contributed by atoms with van der Waals surface area (Å²) in [6.45, 7) is 2.28. The van der Waals surface area contributed by atoms with Crippen LogP contribution in [-0.4, -0.2) is 37.9 Å². The first-order valence-corrected chi connectivity index (χ1v) is 15.7. The summed E-state index contributed by atoms with van der Waals surface area (Å²) in [5, 5.41) is 4.51. The third-order valence-corrected chi connectivity index (χ3v) is 8.61. The molecule has 0 unspecified atom stereocenters. The van der Waals surface area contributed by atoms with Crippen LogP contribution in [0.15, 0.2) is 67.4 Å². The van der Waals surface area contributed by atoms with Gasteiger partial charge in [-0.1, -0.05) is 6.07 Å². The number of nitrogens with one attached hydrogen (secondary N) is 1. The van der Waals surface area contributed by atoms with Crippen molar-refractivity contribution in [3.05, 3.63) is 84.3 Å². The molecule has 6 rings (SSSR count). The minimum Gasteiger partial charge on any atom is -0.371 e. The molecule has 0 aliphatic carbocycles. The second kappa shape index (κ2) is 10.9. The lowest BCUT2D eigenvalue weighted by molar-refractivity contribution is 0.0950. The van der Waals surface area contributed by atoms with E-state index in [1.807, 2.05) is 40.5 Å². The molecule has 10 heteroatoms. The van der Waals surface area contributed by atoms with Crippen LogP contribution in [0.2, 0.25) is 0 Å². The fraction of sp³-hybridized carbons (Fsp3) is 0.214. The minimum absolute atomic E-state index is 0.231. The average molecular weight is 639 g/mol. The topological polar surface area (TPSA) is 75.9 Å². The Bertz CT molecular complexity index is 1640. The number of amides is 1. The summed E-state index contributed by atoms with van der Waals surface area (Å²) in [7, 11) is 1.47. The quantitative estimate of drug-likeness (QED) is 0.213. The van der Waals surface area contributed by atoms with Crippen molar-refractivity contribution in [2.45, 2.75) is 25.8 Å². The highest BCUT2D eigenvalue weighted by Crippen LogP contribution is 2.38. The number of pyridine rings is 3. The molecule has 0 atom stereocenters. The number of carbonyl (C=O) groups is 1. The maximum absolute atomic E-state index is 15.5. The standard InChI is InChI=1S/C28H24FIN6OS/c29-24-13-19(11-22-25(6-8-32-26(22)24)35-9-2-1-3-10-35)23-17-36(38-30)27-21(23)12-20(16-33-27)28(37)34-15-18-5-4-7-31-14-18/h4-8,11-14,16-17H,1-3,9-10,15H2,(H,34,37). The molecule has 1 aliphatic rings. The molecule has 4 aromatic heterocycles. The van der Waals surface area contributed by atoms with E-state index in [0.29, 0.717) is 23.3 Å². The number of rotatable bonds is 6. The van der Waals surface area contributed by atoms with Crippen molar-refractivity contribution in [2.24, 2.45) is 0 Å². The SMILES string of the molecule is O=C(NCc1cccnc1)c1cnc2c(c1)c(-c1cc(F)c3nccc(N4CCCCC4)c3c1)cn2SI. The number of carbonyl (C=O) groups excluding carboxylic acids is 1. The van der Waals surface area contributed by atoms with Gasteiger partial charge in [-0.3, -0.25) is 18.7 Å². The highest BCUT2D eigenvalue weighted by Gasteiger charge is 2.20. The first kappa shape index (κ1) is 25.1. The maximum atomic E-state index is 15.5. The molecule has 7 nitrogen and oxygen atoms in total. The van der Waals surface area contributed by atoms with Gasteiger partial charge in [-0.2, -0.15) is 0 Å². The Balaban J connectivity index is 1.42. The van der Waals surface area contributed by atoms with Crippen LogP contribution in [0.3, 0.4) is 0 Å². The largest absolute Gasteiger partial charge is 0.371 e. The summed E-state index contributed by atoms with van der Waals surface area (Å²) in [4.78, 5) is 28.3. The Labute approximate surface area is 235 Å². The van der Waals surface area contributed by atoms with Crippen molar-refractivity contribution in [2.75, 3.05) is 18.0 Å². The number of aromatic nitrogens is 4. The van der Waals surface area contributed by atoms with Crippen LogP contribution < -0.4 is 10.2 Å². The molecule has 192 valence electrons. The Hall–Kier alpha value is -3.25. The molecule has 1 aliphatic heterocycles. The third kappa shape index (κ3) is 4.82. The molecule has 0 spiro atoms. The Morgan fingerprint density at radius 1 is 1.05 bits per heavy atom. The fourth-order valence-electron chi connectivity index (χ4n) is 5.04. The lowest BCUT2D eigenvalue weighted by Crippen LogP contribution is -2.29. The van der Waals surface area contributed by atoms with Gasteiger partial charge in [0.15, 0.2) is 5.65 Å². The number of piperidine rings is 1. The zero-order valence-corrected chi connectivity index (χ0v) is 23.4. The highest BCUT2D eigenvalue weighted by molar-refractivity contribution is 14.2. The van der Waals surface area contributed by atoms with Crippen molar-refractivity contribution in [3.63, 3.8) is 0 Å². The summed E-state index contributed by atoms with van der Waals surface area (Å²) >= 11 is 2.20. The highest BCUT2D eigenvalue weighted by atomic mass is 127. The van der Waals surface area contributed by atoms with Crippen LogP contribution in [-0.2, 0) is 6.54 Å². The zero-order valence-electron chi connectivity index (χ0n) is 20.4. The molecular formula is C28H24FIN6OS. The number of hydrogen-bond donors (Lipinski definition) is 1. The predicted octanol–water partition coefficient (Wildman–Crippen LogP) is 6.55. The first-order chi connectivity index (χ1) is 18.6. The normalized spacial score (nSPS) is 13.8. The van der Waals surface area contributed by atoms with Gasteiger partial charge < -0.3 is 10.2 Å². The van der Waals surface area contributed by atoms with E-state index in [9.17, 15) is 4.79 Å². The lowest BCUT2D eigenvalue weighted by Gasteiger charge is -2.29. The van der Waals surface area contributed by atoms with Gasteiger partial charge in [0.1, 0.15) is 11.3 Å². The summed E-state index contributed by atoms with van der Waals surface area (Å²) < 4.78 is 17.4. The van der Waals surface area contributed by atoms with E-state index in [-0.39, 0.29) is 11.7 Å². The van der Waals surface area contributed by atoms with Crippen LogP contribution in [0.4, 0.5) is 10.1 Å². The molecule has 1 aromatic carbocycles. The summed E-state index contributed by atoms with van der Waals surface area (Å²) in [6, 6.07) is 11.1. The summed E-state index contributed by atoms with van der Waals surface area (Å²) in [5.74, 6) is -0.594. The van der Waals surface area contributed by atoms with E-state index in [2.05, 4.69) is 46.4 Å². The molecule has 0 bridgehead atoms. The molecule has 1 amide bonds. The van der Waals surface area contributed by atoms with Crippen molar-refractivity contribution in [1.82, 2.24) is 24.2 Å². The van der Waals surface area contributed by atoms with E-state index in [4.69, 9.17) is 0 Å². The molecule has 5 aromatic rings. The fourth-order valence-corrected chi connectivity index (χ4v) is 6.29. The number of hydrogen-bond acceptors (Lipinski definition) is 6. The molecule has 1 saturated heterocycles. The Morgan fingerprint density at radius 3 is 2.71 bits per heavy atom. The van der Waals surface area contributed by atoms with Gasteiger partial charge in [-0.05, 0) is 60.7 Å². The number of benzene rings is 1. The second-order valence-electron chi connectivity index (χ2n) is 9.31. The number of anilines is 1.